The summed E-state index contributed by atoms with van der Waals surface area (Å²) in [5.41, 5.74) is 6.29. The van der Waals surface area contributed by atoms with E-state index in [0.29, 0.717) is 12.0 Å². The van der Waals surface area contributed by atoms with Gasteiger partial charge in [-0.15, -0.1) is 0 Å². The Balaban J connectivity index is 1.80. The number of rotatable bonds is 3. The molecule has 2 aliphatic heterocycles. The summed E-state index contributed by atoms with van der Waals surface area (Å²) >= 11 is 0. The fourth-order valence-corrected chi connectivity index (χ4v) is 3.18. The Morgan fingerprint density at radius 3 is 2.35 bits per heavy atom. The lowest BCUT2D eigenvalue weighted by molar-refractivity contribution is 0.102. The molecule has 0 radical (unpaired) electrons. The highest BCUT2D eigenvalue weighted by molar-refractivity contribution is 4.85. The van der Waals surface area contributed by atoms with Crippen molar-refractivity contribution in [2.24, 2.45) is 17.6 Å². The summed E-state index contributed by atoms with van der Waals surface area (Å²) in [5.74, 6) is 1.62. The first-order valence-corrected chi connectivity index (χ1v) is 7.39. The predicted octanol–water partition coefficient (Wildman–Crippen LogP) is 1.39. The third-order valence-electron chi connectivity index (χ3n) is 4.69. The second-order valence-electron chi connectivity index (χ2n) is 6.09. The van der Waals surface area contributed by atoms with E-state index in [9.17, 15) is 0 Å². The minimum atomic E-state index is 0.428. The van der Waals surface area contributed by atoms with Gasteiger partial charge in [-0.3, -0.25) is 0 Å². The van der Waals surface area contributed by atoms with Crippen LogP contribution in [0.25, 0.3) is 0 Å². The van der Waals surface area contributed by atoms with E-state index >= 15 is 0 Å². The van der Waals surface area contributed by atoms with E-state index in [4.69, 9.17) is 5.73 Å². The van der Waals surface area contributed by atoms with E-state index in [-0.39, 0.29) is 0 Å². The average Bonchev–Trinajstić information content (AvgIpc) is 2.35. The van der Waals surface area contributed by atoms with Crippen LogP contribution in [0.3, 0.4) is 0 Å². The molecule has 100 valence electrons. The molecule has 0 aromatic carbocycles. The first kappa shape index (κ1) is 13.3. The molecule has 0 aromatic heterocycles. The molecule has 0 aromatic rings. The molecule has 3 heteroatoms. The predicted molar refractivity (Wildman–Crippen MR) is 73.0 cm³/mol. The highest BCUT2D eigenvalue weighted by atomic mass is 15.2. The first-order valence-electron chi connectivity index (χ1n) is 7.39. The Morgan fingerprint density at radius 2 is 1.71 bits per heavy atom. The van der Waals surface area contributed by atoms with E-state index in [2.05, 4.69) is 23.6 Å². The van der Waals surface area contributed by atoms with Gasteiger partial charge in [-0.25, -0.2) is 0 Å². The maximum atomic E-state index is 6.29. The van der Waals surface area contributed by atoms with Gasteiger partial charge >= 0.3 is 0 Å². The standard InChI is InChI=1S/C14H29N3/c1-3-16-9-6-14(15)13(10-16)11-17-7-4-12(2)5-8-17/h12-14H,3-11,15H2,1-2H3. The second-order valence-corrected chi connectivity index (χ2v) is 6.09. The summed E-state index contributed by atoms with van der Waals surface area (Å²) in [6.07, 6.45) is 3.93. The normalized spacial score (nSPS) is 34.1. The summed E-state index contributed by atoms with van der Waals surface area (Å²) in [6, 6.07) is 0.428. The summed E-state index contributed by atoms with van der Waals surface area (Å²) in [5, 5.41) is 0. The smallest absolute Gasteiger partial charge is 0.0104 e. The summed E-state index contributed by atoms with van der Waals surface area (Å²) in [6.45, 7) is 12.0. The highest BCUT2D eigenvalue weighted by Gasteiger charge is 2.28. The molecular formula is C14H29N3. The van der Waals surface area contributed by atoms with Gasteiger partial charge in [0.1, 0.15) is 0 Å². The molecule has 2 heterocycles. The van der Waals surface area contributed by atoms with Gasteiger partial charge in [0.05, 0.1) is 0 Å². The van der Waals surface area contributed by atoms with Crippen LogP contribution in [-0.2, 0) is 0 Å². The Labute approximate surface area is 106 Å². The van der Waals surface area contributed by atoms with Crippen LogP contribution in [0.1, 0.15) is 33.1 Å². The van der Waals surface area contributed by atoms with Crippen LogP contribution >= 0.6 is 0 Å². The first-order chi connectivity index (χ1) is 8.19. The van der Waals surface area contributed by atoms with Crippen LogP contribution in [0.2, 0.25) is 0 Å². The lowest BCUT2D eigenvalue weighted by Crippen LogP contribution is -2.51. The molecule has 0 bridgehead atoms. The summed E-state index contributed by atoms with van der Waals surface area (Å²) in [7, 11) is 0. The van der Waals surface area contributed by atoms with Gasteiger partial charge in [-0.05, 0) is 57.3 Å². The van der Waals surface area contributed by atoms with Crippen LogP contribution in [0.15, 0.2) is 0 Å². The minimum Gasteiger partial charge on any atom is -0.327 e. The number of hydrogen-bond donors (Lipinski definition) is 1. The topological polar surface area (TPSA) is 32.5 Å². The van der Waals surface area contributed by atoms with Crippen molar-refractivity contribution in [3.05, 3.63) is 0 Å². The Hall–Kier alpha value is -0.120. The Bertz CT molecular complexity index is 224. The zero-order valence-corrected chi connectivity index (χ0v) is 11.6. The number of nitrogens with two attached hydrogens (primary N) is 1. The molecule has 3 nitrogen and oxygen atoms in total. The van der Waals surface area contributed by atoms with Crippen molar-refractivity contribution in [2.75, 3.05) is 39.3 Å². The summed E-state index contributed by atoms with van der Waals surface area (Å²) in [4.78, 5) is 5.20. The third kappa shape index (κ3) is 3.67. The van der Waals surface area contributed by atoms with Gasteiger partial charge in [-0.2, -0.15) is 0 Å². The molecule has 0 amide bonds. The molecule has 2 fully saturated rings. The zero-order valence-electron chi connectivity index (χ0n) is 11.6. The Morgan fingerprint density at radius 1 is 1.06 bits per heavy atom. The molecule has 17 heavy (non-hydrogen) atoms. The quantitative estimate of drug-likeness (QED) is 0.808. The summed E-state index contributed by atoms with van der Waals surface area (Å²) < 4.78 is 0. The Kier molecular flexibility index (Phi) is 4.83. The van der Waals surface area contributed by atoms with Crippen LogP contribution in [0.4, 0.5) is 0 Å². The largest absolute Gasteiger partial charge is 0.327 e. The van der Waals surface area contributed by atoms with Crippen LogP contribution < -0.4 is 5.73 Å². The van der Waals surface area contributed by atoms with Gasteiger partial charge in [0.25, 0.3) is 0 Å². The fourth-order valence-electron chi connectivity index (χ4n) is 3.18. The van der Waals surface area contributed by atoms with Crippen molar-refractivity contribution >= 4 is 0 Å². The lowest BCUT2D eigenvalue weighted by Gasteiger charge is -2.40. The molecule has 0 saturated carbocycles. The number of hydrogen-bond acceptors (Lipinski definition) is 3. The van der Waals surface area contributed by atoms with E-state index < -0.39 is 0 Å². The van der Waals surface area contributed by atoms with Gasteiger partial charge in [-0.1, -0.05) is 13.8 Å². The molecule has 2 rings (SSSR count). The molecule has 2 aliphatic rings. The number of nitrogens with zero attached hydrogens (tertiary/aromatic N) is 2. The molecule has 0 aliphatic carbocycles. The van der Waals surface area contributed by atoms with Gasteiger partial charge in [0.2, 0.25) is 0 Å². The van der Waals surface area contributed by atoms with Gasteiger partial charge in [0.15, 0.2) is 0 Å². The second kappa shape index (κ2) is 6.17. The molecule has 2 saturated heterocycles. The maximum Gasteiger partial charge on any atom is 0.0104 e. The van der Waals surface area contributed by atoms with Gasteiger partial charge < -0.3 is 15.5 Å². The van der Waals surface area contributed by atoms with E-state index in [0.717, 1.165) is 5.92 Å². The maximum absolute atomic E-state index is 6.29. The SMILES string of the molecule is CCN1CCC(N)C(CN2CCC(C)CC2)C1. The van der Waals surface area contributed by atoms with E-state index in [1.54, 1.807) is 0 Å². The lowest BCUT2D eigenvalue weighted by atomic mass is 9.91. The van der Waals surface area contributed by atoms with Crippen LogP contribution in [0.5, 0.6) is 0 Å². The molecule has 2 N–H and O–H groups in total. The third-order valence-corrected chi connectivity index (χ3v) is 4.69. The van der Waals surface area contributed by atoms with Crippen molar-refractivity contribution in [1.82, 2.24) is 9.80 Å². The van der Waals surface area contributed by atoms with Crippen molar-refractivity contribution in [1.29, 1.82) is 0 Å². The van der Waals surface area contributed by atoms with E-state index in [1.165, 1.54) is 58.5 Å². The molecular weight excluding hydrogens is 210 g/mol. The zero-order chi connectivity index (χ0) is 12.3. The highest BCUT2D eigenvalue weighted by Crippen LogP contribution is 2.21. The van der Waals surface area contributed by atoms with E-state index in [1.807, 2.05) is 0 Å². The average molecular weight is 239 g/mol. The van der Waals surface area contributed by atoms with Gasteiger partial charge in [0, 0.05) is 19.1 Å². The monoisotopic (exact) mass is 239 g/mol. The van der Waals surface area contributed by atoms with Crippen molar-refractivity contribution in [2.45, 2.75) is 39.2 Å². The molecule has 0 spiro atoms. The van der Waals surface area contributed by atoms with Crippen molar-refractivity contribution in [3.8, 4) is 0 Å². The van der Waals surface area contributed by atoms with Crippen LogP contribution in [0, 0.1) is 11.8 Å². The van der Waals surface area contributed by atoms with Crippen LogP contribution in [-0.4, -0.2) is 55.1 Å². The number of piperidine rings is 2. The molecule has 2 unspecified atom stereocenters. The number of likely N-dealkylation sites (tertiary alicyclic amines) is 2. The fraction of sp³-hybridized carbons (Fsp3) is 1.00. The van der Waals surface area contributed by atoms with Crippen molar-refractivity contribution < 1.29 is 0 Å². The van der Waals surface area contributed by atoms with Crippen molar-refractivity contribution in [3.63, 3.8) is 0 Å². The minimum absolute atomic E-state index is 0.428. The molecule has 2 atom stereocenters.